The third kappa shape index (κ3) is 5.69. The zero-order chi connectivity index (χ0) is 16.5. The molecular weight excluding hydrogens is 329 g/mol. The van der Waals surface area contributed by atoms with Crippen LogP contribution in [0, 0.1) is 5.82 Å². The minimum absolute atomic E-state index is 0. The van der Waals surface area contributed by atoms with Crippen molar-refractivity contribution in [2.24, 2.45) is 0 Å². The Balaban J connectivity index is 0.00000288. The fraction of sp³-hybridized carbons (Fsp3) is 0.368. The Hall–Kier alpha value is -1.78. The van der Waals surface area contributed by atoms with E-state index in [-0.39, 0.29) is 24.8 Å². The van der Waals surface area contributed by atoms with Gasteiger partial charge in [0.2, 0.25) is 0 Å². The first kappa shape index (κ1) is 20.3. The van der Waals surface area contributed by atoms with Crippen LogP contribution in [0.15, 0.2) is 42.5 Å². The summed E-state index contributed by atoms with van der Waals surface area (Å²) in [5, 5.41) is 3.36. The van der Waals surface area contributed by atoms with Crippen molar-refractivity contribution in [2.45, 2.75) is 33.4 Å². The molecule has 2 aromatic carbocycles. The number of para-hydroxylation sites is 1. The van der Waals surface area contributed by atoms with Gasteiger partial charge in [-0.2, -0.15) is 0 Å². The number of nitrogens with one attached hydrogen (secondary N) is 1. The van der Waals surface area contributed by atoms with Gasteiger partial charge in [-0.25, -0.2) is 4.39 Å². The Kier molecular flexibility index (Phi) is 9.20. The second kappa shape index (κ2) is 10.9. The molecule has 0 atom stereocenters. The van der Waals surface area contributed by atoms with E-state index in [1.54, 1.807) is 18.2 Å². The summed E-state index contributed by atoms with van der Waals surface area (Å²) >= 11 is 0. The van der Waals surface area contributed by atoms with Crippen molar-refractivity contribution in [1.29, 1.82) is 0 Å². The number of halogens is 2. The molecule has 2 aromatic rings. The second-order valence-corrected chi connectivity index (χ2v) is 5.23. The number of ether oxygens (including phenoxy) is 2. The molecule has 0 spiro atoms. The van der Waals surface area contributed by atoms with E-state index in [9.17, 15) is 4.39 Å². The van der Waals surface area contributed by atoms with E-state index < -0.39 is 0 Å². The monoisotopic (exact) mass is 353 g/mol. The summed E-state index contributed by atoms with van der Waals surface area (Å²) in [6.45, 7) is 6.42. The maximum Gasteiger partial charge on any atom is 0.166 e. The normalized spacial score (nSPS) is 10.1. The molecular formula is C19H25ClFNO2. The molecule has 0 aromatic heterocycles. The van der Waals surface area contributed by atoms with Gasteiger partial charge in [-0.1, -0.05) is 37.3 Å². The molecule has 0 bridgehead atoms. The van der Waals surface area contributed by atoms with Crippen LogP contribution in [0.25, 0.3) is 0 Å². The topological polar surface area (TPSA) is 30.5 Å². The lowest BCUT2D eigenvalue weighted by Gasteiger charge is -2.16. The third-order valence-electron chi connectivity index (χ3n) is 3.43. The molecule has 0 radical (unpaired) electrons. The van der Waals surface area contributed by atoms with Gasteiger partial charge in [0.25, 0.3) is 0 Å². The summed E-state index contributed by atoms with van der Waals surface area (Å²) in [5.41, 5.74) is 1.55. The lowest BCUT2D eigenvalue weighted by Crippen LogP contribution is -2.15. The Morgan fingerprint density at radius 1 is 0.958 bits per heavy atom. The molecule has 0 aliphatic heterocycles. The van der Waals surface area contributed by atoms with Gasteiger partial charge in [-0.15, -0.1) is 12.4 Å². The Bertz CT molecular complexity index is 622. The summed E-state index contributed by atoms with van der Waals surface area (Å²) in [7, 11) is 0. The predicted molar refractivity (Wildman–Crippen MR) is 97.6 cm³/mol. The van der Waals surface area contributed by atoms with E-state index in [4.69, 9.17) is 9.47 Å². The summed E-state index contributed by atoms with van der Waals surface area (Å²) < 4.78 is 25.3. The first-order valence-electron chi connectivity index (χ1n) is 8.07. The van der Waals surface area contributed by atoms with Crippen LogP contribution in [-0.2, 0) is 13.2 Å². The average Bonchev–Trinajstić information content (AvgIpc) is 2.56. The Labute approximate surface area is 149 Å². The fourth-order valence-corrected chi connectivity index (χ4v) is 2.30. The van der Waals surface area contributed by atoms with Crippen molar-refractivity contribution in [3.05, 3.63) is 59.4 Å². The molecule has 0 unspecified atom stereocenters. The highest BCUT2D eigenvalue weighted by Gasteiger charge is 2.12. The van der Waals surface area contributed by atoms with Crippen molar-refractivity contribution < 1.29 is 13.9 Å². The van der Waals surface area contributed by atoms with E-state index in [0.717, 1.165) is 18.5 Å². The first-order valence-corrected chi connectivity index (χ1v) is 8.07. The third-order valence-corrected chi connectivity index (χ3v) is 3.43. The minimum Gasteiger partial charge on any atom is -0.490 e. The standard InChI is InChI=1S/C19H24FNO2.ClH/c1-3-12-21-13-15-9-7-11-18(22-4-2)19(15)23-14-16-8-5-6-10-17(16)20;/h5-11,21H,3-4,12-14H2,1-2H3;1H. The lowest BCUT2D eigenvalue weighted by molar-refractivity contribution is 0.262. The van der Waals surface area contributed by atoms with Crippen LogP contribution >= 0.6 is 12.4 Å². The summed E-state index contributed by atoms with van der Waals surface area (Å²) in [6.07, 6.45) is 1.07. The van der Waals surface area contributed by atoms with Gasteiger partial charge in [0.05, 0.1) is 6.61 Å². The number of rotatable bonds is 9. The van der Waals surface area contributed by atoms with Gasteiger partial charge in [-0.05, 0) is 32.0 Å². The van der Waals surface area contributed by atoms with Crippen molar-refractivity contribution >= 4 is 12.4 Å². The van der Waals surface area contributed by atoms with Crippen molar-refractivity contribution in [2.75, 3.05) is 13.2 Å². The molecule has 3 nitrogen and oxygen atoms in total. The SMILES string of the molecule is CCCNCc1cccc(OCC)c1OCc1ccccc1F.Cl. The molecule has 0 aliphatic rings. The van der Waals surface area contributed by atoms with E-state index in [2.05, 4.69) is 12.2 Å². The molecule has 0 saturated heterocycles. The Morgan fingerprint density at radius 3 is 2.42 bits per heavy atom. The van der Waals surface area contributed by atoms with Gasteiger partial charge >= 0.3 is 0 Å². The molecule has 2 rings (SSSR count). The molecule has 5 heteroatoms. The van der Waals surface area contributed by atoms with Crippen LogP contribution in [0.1, 0.15) is 31.4 Å². The maximum atomic E-state index is 13.8. The zero-order valence-corrected chi connectivity index (χ0v) is 15.0. The van der Waals surface area contributed by atoms with Gasteiger partial charge in [0.1, 0.15) is 12.4 Å². The Morgan fingerprint density at radius 2 is 1.71 bits per heavy atom. The molecule has 0 fully saturated rings. The predicted octanol–water partition coefficient (Wildman–Crippen LogP) is 4.72. The average molecular weight is 354 g/mol. The highest BCUT2D eigenvalue weighted by Crippen LogP contribution is 2.32. The van der Waals surface area contributed by atoms with Gasteiger partial charge < -0.3 is 14.8 Å². The quantitative estimate of drug-likeness (QED) is 0.661. The molecule has 24 heavy (non-hydrogen) atoms. The van der Waals surface area contributed by atoms with E-state index in [0.29, 0.717) is 30.2 Å². The van der Waals surface area contributed by atoms with Crippen molar-refractivity contribution in [3.8, 4) is 11.5 Å². The minimum atomic E-state index is -0.257. The number of hydrogen-bond acceptors (Lipinski definition) is 3. The van der Waals surface area contributed by atoms with Gasteiger partial charge in [0.15, 0.2) is 11.5 Å². The molecule has 0 saturated carbocycles. The van der Waals surface area contributed by atoms with Crippen LogP contribution in [0.2, 0.25) is 0 Å². The molecule has 0 amide bonds. The largest absolute Gasteiger partial charge is 0.490 e. The number of benzene rings is 2. The summed E-state index contributed by atoms with van der Waals surface area (Å²) in [5.74, 6) is 1.12. The molecule has 1 N–H and O–H groups in total. The summed E-state index contributed by atoms with van der Waals surface area (Å²) in [6, 6.07) is 12.5. The second-order valence-electron chi connectivity index (χ2n) is 5.23. The first-order chi connectivity index (χ1) is 11.3. The maximum absolute atomic E-state index is 13.8. The van der Waals surface area contributed by atoms with Crippen LogP contribution in [0.3, 0.4) is 0 Å². The van der Waals surface area contributed by atoms with Crippen LogP contribution < -0.4 is 14.8 Å². The summed E-state index contributed by atoms with van der Waals surface area (Å²) in [4.78, 5) is 0. The zero-order valence-electron chi connectivity index (χ0n) is 14.2. The lowest BCUT2D eigenvalue weighted by atomic mass is 10.1. The fourth-order valence-electron chi connectivity index (χ4n) is 2.30. The molecule has 0 aliphatic carbocycles. The van der Waals surface area contributed by atoms with Crippen LogP contribution in [-0.4, -0.2) is 13.2 Å². The highest BCUT2D eigenvalue weighted by atomic mass is 35.5. The highest BCUT2D eigenvalue weighted by molar-refractivity contribution is 5.85. The molecule has 132 valence electrons. The smallest absolute Gasteiger partial charge is 0.166 e. The van der Waals surface area contributed by atoms with Crippen LogP contribution in [0.5, 0.6) is 11.5 Å². The van der Waals surface area contributed by atoms with Crippen molar-refractivity contribution in [3.63, 3.8) is 0 Å². The molecule has 0 heterocycles. The van der Waals surface area contributed by atoms with Gasteiger partial charge in [0, 0.05) is 17.7 Å². The van der Waals surface area contributed by atoms with E-state index in [1.807, 2.05) is 25.1 Å². The van der Waals surface area contributed by atoms with E-state index in [1.165, 1.54) is 6.07 Å². The van der Waals surface area contributed by atoms with Gasteiger partial charge in [-0.3, -0.25) is 0 Å². The number of hydrogen-bond donors (Lipinski definition) is 1. The van der Waals surface area contributed by atoms with E-state index >= 15 is 0 Å². The van der Waals surface area contributed by atoms with Crippen molar-refractivity contribution in [1.82, 2.24) is 5.32 Å². The van der Waals surface area contributed by atoms with Crippen LogP contribution in [0.4, 0.5) is 4.39 Å².